The second kappa shape index (κ2) is 14.2. The largest absolute Gasteiger partial charge is 0.493 e. The maximum absolute atomic E-state index is 13.0. The average Bonchev–Trinajstić information content (AvgIpc) is 3.57. The molecular weight excluding hydrogens is 558 g/mol. The van der Waals surface area contributed by atoms with Crippen LogP contribution < -0.4 is 34.4 Å². The zero-order valence-corrected chi connectivity index (χ0v) is 23.8. The molecule has 0 unspecified atom stereocenters. The predicted octanol–water partition coefficient (Wildman–Crippen LogP) is 4.94. The Labute approximate surface area is 247 Å². The Kier molecular flexibility index (Phi) is 9.98. The second-order valence-electron chi connectivity index (χ2n) is 8.65. The number of esters is 1. The Bertz CT molecular complexity index is 1590. The van der Waals surface area contributed by atoms with E-state index in [4.69, 9.17) is 28.1 Å². The molecule has 3 aromatic carbocycles. The molecule has 0 aliphatic carbocycles. The van der Waals surface area contributed by atoms with E-state index < -0.39 is 17.8 Å². The van der Waals surface area contributed by atoms with E-state index in [-0.39, 0.29) is 17.1 Å². The van der Waals surface area contributed by atoms with Crippen LogP contribution in [0.1, 0.15) is 43.8 Å². The number of rotatable bonds is 12. The van der Waals surface area contributed by atoms with E-state index in [2.05, 4.69) is 15.8 Å². The van der Waals surface area contributed by atoms with Crippen LogP contribution >= 0.6 is 0 Å². The van der Waals surface area contributed by atoms with E-state index in [1.165, 1.54) is 45.9 Å². The molecule has 0 radical (unpaired) electrons. The zero-order valence-electron chi connectivity index (χ0n) is 23.8. The van der Waals surface area contributed by atoms with E-state index in [9.17, 15) is 14.4 Å². The molecule has 0 saturated heterocycles. The van der Waals surface area contributed by atoms with Gasteiger partial charge in [0, 0.05) is 11.3 Å². The van der Waals surface area contributed by atoms with E-state index >= 15 is 0 Å². The van der Waals surface area contributed by atoms with Gasteiger partial charge in [0.15, 0.2) is 28.8 Å². The third-order valence-electron chi connectivity index (χ3n) is 5.90. The molecule has 0 spiro atoms. The number of hydrazone groups is 1. The molecule has 4 rings (SSSR count). The summed E-state index contributed by atoms with van der Waals surface area (Å²) in [6.07, 6.45) is 2.83. The van der Waals surface area contributed by atoms with Crippen molar-refractivity contribution >= 4 is 29.7 Å². The van der Waals surface area contributed by atoms with E-state index in [1.807, 2.05) is 0 Å². The van der Waals surface area contributed by atoms with Gasteiger partial charge in [0.1, 0.15) is 0 Å². The van der Waals surface area contributed by atoms with Gasteiger partial charge in [0.25, 0.3) is 11.8 Å². The van der Waals surface area contributed by atoms with Gasteiger partial charge in [-0.3, -0.25) is 9.59 Å². The van der Waals surface area contributed by atoms with Gasteiger partial charge in [-0.25, -0.2) is 10.2 Å². The maximum atomic E-state index is 13.0. The normalized spacial score (nSPS) is 10.6. The Morgan fingerprint density at radius 1 is 0.814 bits per heavy atom. The van der Waals surface area contributed by atoms with E-state index in [0.29, 0.717) is 46.4 Å². The summed E-state index contributed by atoms with van der Waals surface area (Å²) >= 11 is 0. The maximum Gasteiger partial charge on any atom is 0.343 e. The molecule has 1 aromatic heterocycles. The third-order valence-corrected chi connectivity index (χ3v) is 5.90. The Hall–Kier alpha value is -5.78. The molecule has 1 heterocycles. The molecule has 4 aromatic rings. The topological polar surface area (TPSA) is 147 Å². The number of nitrogens with one attached hydrogen (secondary N) is 2. The number of carbonyl (C=O) groups excluding carboxylic acids is 3. The van der Waals surface area contributed by atoms with Crippen LogP contribution in [0, 0.1) is 0 Å². The second-order valence-corrected chi connectivity index (χ2v) is 8.65. The number of hydrogen-bond acceptors (Lipinski definition) is 10. The minimum Gasteiger partial charge on any atom is -0.493 e. The van der Waals surface area contributed by atoms with Gasteiger partial charge in [-0.05, 0) is 79.2 Å². The number of ether oxygens (including phenoxy) is 5. The van der Waals surface area contributed by atoms with Crippen LogP contribution in [0.15, 0.2) is 82.5 Å². The van der Waals surface area contributed by atoms with Crippen LogP contribution in [-0.2, 0) is 0 Å². The summed E-state index contributed by atoms with van der Waals surface area (Å²) in [4.78, 5) is 37.6. The summed E-state index contributed by atoms with van der Waals surface area (Å²) in [6.45, 7) is 2.10. The summed E-state index contributed by atoms with van der Waals surface area (Å²) in [5, 5.41) is 6.68. The molecule has 222 valence electrons. The van der Waals surface area contributed by atoms with Gasteiger partial charge in [0.2, 0.25) is 5.75 Å². The lowest BCUT2D eigenvalue weighted by Gasteiger charge is -2.15. The van der Waals surface area contributed by atoms with Crippen LogP contribution in [0.25, 0.3) is 0 Å². The van der Waals surface area contributed by atoms with E-state index in [1.54, 1.807) is 61.5 Å². The number of anilines is 1. The first-order valence-electron chi connectivity index (χ1n) is 12.9. The van der Waals surface area contributed by atoms with Gasteiger partial charge in [0.05, 0.1) is 46.0 Å². The first-order valence-corrected chi connectivity index (χ1v) is 12.9. The van der Waals surface area contributed by atoms with Crippen molar-refractivity contribution in [2.24, 2.45) is 5.10 Å². The van der Waals surface area contributed by atoms with Crippen LogP contribution in [0.2, 0.25) is 0 Å². The Morgan fingerprint density at radius 3 is 2.14 bits per heavy atom. The minimum atomic E-state index is -0.666. The summed E-state index contributed by atoms with van der Waals surface area (Å²) < 4.78 is 32.3. The highest BCUT2D eigenvalue weighted by Gasteiger charge is 2.20. The highest BCUT2D eigenvalue weighted by atomic mass is 16.6. The lowest BCUT2D eigenvalue weighted by atomic mass is 10.1. The molecule has 0 atom stereocenters. The summed E-state index contributed by atoms with van der Waals surface area (Å²) in [5.41, 5.74) is 4.03. The highest BCUT2D eigenvalue weighted by molar-refractivity contribution is 6.02. The van der Waals surface area contributed by atoms with Crippen molar-refractivity contribution in [3.05, 3.63) is 95.4 Å². The summed E-state index contributed by atoms with van der Waals surface area (Å²) in [7, 11) is 4.36. The fraction of sp³-hybridized carbons (Fsp3) is 0.161. The molecule has 2 N–H and O–H groups in total. The quantitative estimate of drug-likeness (QED) is 0.102. The van der Waals surface area contributed by atoms with Crippen molar-refractivity contribution in [2.75, 3.05) is 33.3 Å². The molecule has 2 amide bonds. The van der Waals surface area contributed by atoms with Gasteiger partial charge < -0.3 is 33.4 Å². The fourth-order valence-corrected chi connectivity index (χ4v) is 3.85. The molecule has 43 heavy (non-hydrogen) atoms. The monoisotopic (exact) mass is 587 g/mol. The molecular formula is C31H29N3O9. The summed E-state index contributed by atoms with van der Waals surface area (Å²) in [5.74, 6) is 0.0845. The first-order chi connectivity index (χ1) is 20.9. The van der Waals surface area contributed by atoms with Crippen molar-refractivity contribution < 1.29 is 42.5 Å². The van der Waals surface area contributed by atoms with Crippen molar-refractivity contribution in [1.29, 1.82) is 0 Å². The van der Waals surface area contributed by atoms with Crippen molar-refractivity contribution in [3.8, 4) is 28.7 Å². The zero-order chi connectivity index (χ0) is 30.8. The number of hydrogen-bond donors (Lipinski definition) is 2. The summed E-state index contributed by atoms with van der Waals surface area (Å²) in [6, 6.07) is 17.2. The van der Waals surface area contributed by atoms with Crippen LogP contribution in [0.4, 0.5) is 5.69 Å². The lowest BCUT2D eigenvalue weighted by Crippen LogP contribution is -2.17. The van der Waals surface area contributed by atoms with Gasteiger partial charge >= 0.3 is 5.97 Å². The minimum absolute atomic E-state index is 0.174. The Balaban J connectivity index is 1.40. The van der Waals surface area contributed by atoms with Crippen molar-refractivity contribution in [1.82, 2.24) is 5.43 Å². The van der Waals surface area contributed by atoms with Crippen LogP contribution in [0.3, 0.4) is 0 Å². The molecule has 12 nitrogen and oxygen atoms in total. The number of amides is 2. The Morgan fingerprint density at radius 2 is 1.53 bits per heavy atom. The molecule has 0 saturated carbocycles. The standard InChI is InChI=1S/C31H29N3O9/c1-5-41-25-15-19(8-13-23(25)43-31(37)21-16-26(38-2)28(40-4)27(17-21)39-3)18-32-34-29(35)20-9-11-22(12-10-20)33-30(36)24-7-6-14-42-24/h6-18H,5H2,1-4H3,(H,33,36)(H,34,35)/b32-18-. The van der Waals surface area contributed by atoms with E-state index in [0.717, 1.165) is 0 Å². The number of benzene rings is 3. The third kappa shape index (κ3) is 7.50. The van der Waals surface area contributed by atoms with Crippen LogP contribution in [-0.4, -0.2) is 51.9 Å². The SMILES string of the molecule is CCOc1cc(/C=N\NC(=O)c2ccc(NC(=O)c3ccco3)cc2)ccc1OC(=O)c1cc(OC)c(OC)c(OC)c1. The molecule has 0 aliphatic heterocycles. The number of furan rings is 1. The smallest absolute Gasteiger partial charge is 0.343 e. The predicted molar refractivity (Wildman–Crippen MR) is 157 cm³/mol. The van der Waals surface area contributed by atoms with Gasteiger partial charge in [-0.15, -0.1) is 0 Å². The molecule has 0 aliphatic rings. The first kappa shape index (κ1) is 30.2. The van der Waals surface area contributed by atoms with Crippen molar-refractivity contribution in [2.45, 2.75) is 6.92 Å². The average molecular weight is 588 g/mol. The number of methoxy groups -OCH3 is 3. The van der Waals surface area contributed by atoms with Crippen molar-refractivity contribution in [3.63, 3.8) is 0 Å². The van der Waals surface area contributed by atoms with Gasteiger partial charge in [-0.1, -0.05) is 0 Å². The molecule has 0 fully saturated rings. The lowest BCUT2D eigenvalue weighted by molar-refractivity contribution is 0.0727. The number of nitrogens with zero attached hydrogens (tertiary/aromatic N) is 1. The fourth-order valence-electron chi connectivity index (χ4n) is 3.85. The highest BCUT2D eigenvalue weighted by Crippen LogP contribution is 2.39. The molecule has 12 heteroatoms. The van der Waals surface area contributed by atoms with Gasteiger partial charge in [-0.2, -0.15) is 5.10 Å². The molecule has 0 bridgehead atoms. The van der Waals surface area contributed by atoms with Crippen LogP contribution in [0.5, 0.6) is 28.7 Å². The number of carbonyl (C=O) groups is 3.